The standard InChI is InChI=1S/C10H17NS/c1-3-5-7-11-9-6-8-12-10(9)4-2/h6,8,11H,3-5,7H2,1-2H3. The summed E-state index contributed by atoms with van der Waals surface area (Å²) in [7, 11) is 0. The van der Waals surface area contributed by atoms with Crippen molar-refractivity contribution in [3.63, 3.8) is 0 Å². The van der Waals surface area contributed by atoms with Crippen molar-refractivity contribution in [2.75, 3.05) is 11.9 Å². The Bertz CT molecular complexity index is 217. The number of anilines is 1. The topological polar surface area (TPSA) is 12.0 Å². The van der Waals surface area contributed by atoms with Crippen LogP contribution in [0.25, 0.3) is 0 Å². The van der Waals surface area contributed by atoms with Crippen LogP contribution in [0.1, 0.15) is 31.6 Å². The van der Waals surface area contributed by atoms with Gasteiger partial charge in [0.2, 0.25) is 0 Å². The van der Waals surface area contributed by atoms with E-state index in [9.17, 15) is 0 Å². The van der Waals surface area contributed by atoms with E-state index in [-0.39, 0.29) is 0 Å². The molecule has 1 aromatic heterocycles. The summed E-state index contributed by atoms with van der Waals surface area (Å²) in [5.41, 5.74) is 1.34. The summed E-state index contributed by atoms with van der Waals surface area (Å²) >= 11 is 1.85. The van der Waals surface area contributed by atoms with E-state index in [1.165, 1.54) is 23.4 Å². The van der Waals surface area contributed by atoms with Crippen LogP contribution in [0.4, 0.5) is 5.69 Å². The molecule has 1 heterocycles. The summed E-state index contributed by atoms with van der Waals surface area (Å²) in [6.45, 7) is 5.53. The molecule has 0 radical (unpaired) electrons. The molecule has 0 aromatic carbocycles. The summed E-state index contributed by atoms with van der Waals surface area (Å²) in [4.78, 5) is 1.48. The van der Waals surface area contributed by atoms with Gasteiger partial charge in [-0.3, -0.25) is 0 Å². The number of unbranched alkanes of at least 4 members (excludes halogenated alkanes) is 1. The van der Waals surface area contributed by atoms with Crippen LogP contribution in [0.15, 0.2) is 11.4 Å². The molecular formula is C10H17NS. The fourth-order valence-corrected chi connectivity index (χ4v) is 1.97. The van der Waals surface area contributed by atoms with Gasteiger partial charge in [-0.2, -0.15) is 0 Å². The number of nitrogens with one attached hydrogen (secondary N) is 1. The Balaban J connectivity index is 2.39. The molecule has 0 fully saturated rings. The smallest absolute Gasteiger partial charge is 0.0481 e. The van der Waals surface area contributed by atoms with Crippen molar-refractivity contribution in [3.8, 4) is 0 Å². The molecule has 0 saturated carbocycles. The first-order valence-corrected chi connectivity index (χ1v) is 5.56. The molecule has 0 aliphatic heterocycles. The summed E-state index contributed by atoms with van der Waals surface area (Å²) in [6, 6.07) is 2.18. The fourth-order valence-electron chi connectivity index (χ4n) is 1.17. The minimum absolute atomic E-state index is 1.11. The number of rotatable bonds is 5. The lowest BCUT2D eigenvalue weighted by molar-refractivity contribution is 0.833. The van der Waals surface area contributed by atoms with E-state index in [0.29, 0.717) is 0 Å². The fraction of sp³-hybridized carbons (Fsp3) is 0.600. The van der Waals surface area contributed by atoms with Gasteiger partial charge < -0.3 is 5.32 Å². The van der Waals surface area contributed by atoms with E-state index >= 15 is 0 Å². The minimum Gasteiger partial charge on any atom is -0.384 e. The van der Waals surface area contributed by atoms with Gasteiger partial charge in [0.25, 0.3) is 0 Å². The van der Waals surface area contributed by atoms with Crippen molar-refractivity contribution in [1.82, 2.24) is 0 Å². The predicted molar refractivity (Wildman–Crippen MR) is 57.1 cm³/mol. The third-order valence-electron chi connectivity index (χ3n) is 1.91. The lowest BCUT2D eigenvalue weighted by Gasteiger charge is -2.04. The van der Waals surface area contributed by atoms with Crippen molar-refractivity contribution in [2.24, 2.45) is 0 Å². The Morgan fingerprint density at radius 1 is 1.42 bits per heavy atom. The van der Waals surface area contributed by atoms with Crippen LogP contribution in [-0.4, -0.2) is 6.54 Å². The Morgan fingerprint density at radius 2 is 2.25 bits per heavy atom. The third kappa shape index (κ3) is 2.52. The Labute approximate surface area is 78.8 Å². The van der Waals surface area contributed by atoms with Crippen LogP contribution < -0.4 is 5.32 Å². The molecule has 68 valence electrons. The largest absolute Gasteiger partial charge is 0.384 e. The van der Waals surface area contributed by atoms with E-state index in [4.69, 9.17) is 0 Å². The van der Waals surface area contributed by atoms with Crippen molar-refractivity contribution >= 4 is 17.0 Å². The molecule has 1 aromatic rings. The molecule has 0 atom stereocenters. The van der Waals surface area contributed by atoms with Crippen LogP contribution in [-0.2, 0) is 6.42 Å². The van der Waals surface area contributed by atoms with Crippen LogP contribution in [0, 0.1) is 0 Å². The summed E-state index contributed by atoms with van der Waals surface area (Å²) in [6.07, 6.45) is 3.67. The molecule has 0 unspecified atom stereocenters. The number of hydrogen-bond acceptors (Lipinski definition) is 2. The molecule has 2 heteroatoms. The number of hydrogen-bond donors (Lipinski definition) is 1. The SMILES string of the molecule is CCCCNc1ccsc1CC. The van der Waals surface area contributed by atoms with Crippen molar-refractivity contribution in [1.29, 1.82) is 0 Å². The molecule has 0 aliphatic rings. The van der Waals surface area contributed by atoms with Crippen molar-refractivity contribution < 1.29 is 0 Å². The van der Waals surface area contributed by atoms with Gasteiger partial charge in [0, 0.05) is 17.1 Å². The maximum absolute atomic E-state index is 3.46. The molecular weight excluding hydrogens is 166 g/mol. The van der Waals surface area contributed by atoms with Crippen LogP contribution in [0.3, 0.4) is 0 Å². The monoisotopic (exact) mass is 183 g/mol. The molecule has 12 heavy (non-hydrogen) atoms. The molecule has 1 N–H and O–H groups in total. The average Bonchev–Trinajstić information content (AvgIpc) is 2.52. The minimum atomic E-state index is 1.11. The average molecular weight is 183 g/mol. The zero-order valence-corrected chi connectivity index (χ0v) is 8.71. The van der Waals surface area contributed by atoms with Crippen LogP contribution in [0.2, 0.25) is 0 Å². The first-order chi connectivity index (χ1) is 5.88. The summed E-state index contributed by atoms with van der Waals surface area (Å²) in [5.74, 6) is 0. The van der Waals surface area contributed by atoms with Gasteiger partial charge in [-0.25, -0.2) is 0 Å². The third-order valence-corrected chi connectivity index (χ3v) is 2.98. The number of aryl methyl sites for hydroxylation is 1. The van der Waals surface area contributed by atoms with Gasteiger partial charge in [-0.1, -0.05) is 20.3 Å². The molecule has 0 saturated heterocycles. The molecule has 1 rings (SSSR count). The Kier molecular flexibility index (Phi) is 4.15. The second kappa shape index (κ2) is 5.20. The van der Waals surface area contributed by atoms with Gasteiger partial charge >= 0.3 is 0 Å². The molecule has 0 amide bonds. The maximum atomic E-state index is 3.46. The van der Waals surface area contributed by atoms with E-state index in [1.807, 2.05) is 11.3 Å². The van der Waals surface area contributed by atoms with Gasteiger partial charge in [0.05, 0.1) is 0 Å². The lowest BCUT2D eigenvalue weighted by Crippen LogP contribution is -2.01. The maximum Gasteiger partial charge on any atom is 0.0481 e. The zero-order valence-electron chi connectivity index (χ0n) is 7.89. The van der Waals surface area contributed by atoms with E-state index < -0.39 is 0 Å². The first kappa shape index (κ1) is 9.59. The summed E-state index contributed by atoms with van der Waals surface area (Å²) < 4.78 is 0. The lowest BCUT2D eigenvalue weighted by atomic mass is 10.3. The predicted octanol–water partition coefficient (Wildman–Crippen LogP) is 3.52. The Morgan fingerprint density at radius 3 is 2.92 bits per heavy atom. The molecule has 0 spiro atoms. The zero-order chi connectivity index (χ0) is 8.81. The van der Waals surface area contributed by atoms with E-state index in [0.717, 1.165) is 13.0 Å². The van der Waals surface area contributed by atoms with E-state index in [2.05, 4.69) is 30.6 Å². The van der Waals surface area contributed by atoms with Crippen LogP contribution in [0.5, 0.6) is 0 Å². The number of thiophene rings is 1. The normalized spacial score (nSPS) is 10.2. The van der Waals surface area contributed by atoms with Crippen LogP contribution >= 0.6 is 11.3 Å². The molecule has 0 aliphatic carbocycles. The van der Waals surface area contributed by atoms with Crippen molar-refractivity contribution in [2.45, 2.75) is 33.1 Å². The summed E-state index contributed by atoms with van der Waals surface area (Å²) in [5, 5.41) is 5.62. The molecule has 0 bridgehead atoms. The van der Waals surface area contributed by atoms with Crippen molar-refractivity contribution in [3.05, 3.63) is 16.3 Å². The second-order valence-electron chi connectivity index (χ2n) is 2.89. The quantitative estimate of drug-likeness (QED) is 0.689. The van der Waals surface area contributed by atoms with Gasteiger partial charge in [-0.05, 0) is 24.3 Å². The van der Waals surface area contributed by atoms with E-state index in [1.54, 1.807) is 0 Å². The highest BCUT2D eigenvalue weighted by Gasteiger charge is 1.99. The molecule has 1 nitrogen and oxygen atoms in total. The first-order valence-electron chi connectivity index (χ1n) is 4.68. The second-order valence-corrected chi connectivity index (χ2v) is 3.89. The van der Waals surface area contributed by atoms with Gasteiger partial charge in [0.1, 0.15) is 0 Å². The van der Waals surface area contributed by atoms with Gasteiger partial charge in [0.15, 0.2) is 0 Å². The highest BCUT2D eigenvalue weighted by molar-refractivity contribution is 7.10. The Hall–Kier alpha value is -0.500. The van der Waals surface area contributed by atoms with Gasteiger partial charge in [-0.15, -0.1) is 11.3 Å². The highest BCUT2D eigenvalue weighted by atomic mass is 32.1. The highest BCUT2D eigenvalue weighted by Crippen LogP contribution is 2.22.